The topological polar surface area (TPSA) is 98.0 Å². The van der Waals surface area contributed by atoms with Gasteiger partial charge in [0.1, 0.15) is 6.10 Å². The molecule has 1 aromatic rings. The van der Waals surface area contributed by atoms with Crippen LogP contribution in [0.25, 0.3) is 0 Å². The minimum absolute atomic E-state index is 0.0936. The van der Waals surface area contributed by atoms with Crippen LogP contribution in [0.3, 0.4) is 0 Å². The van der Waals surface area contributed by atoms with Gasteiger partial charge >= 0.3 is 0 Å². The molecule has 0 aromatic heterocycles. The third-order valence-corrected chi connectivity index (χ3v) is 3.46. The second kappa shape index (κ2) is 9.12. The number of ether oxygens (including phenoxy) is 2. The van der Waals surface area contributed by atoms with E-state index in [1.54, 1.807) is 7.11 Å². The van der Waals surface area contributed by atoms with E-state index in [-0.39, 0.29) is 12.0 Å². The molecule has 1 heterocycles. The van der Waals surface area contributed by atoms with Gasteiger partial charge < -0.3 is 25.8 Å². The lowest BCUT2D eigenvalue weighted by Gasteiger charge is -2.11. The maximum absolute atomic E-state index is 12.0. The summed E-state index contributed by atoms with van der Waals surface area (Å²) in [6, 6.07) is 7.55. The van der Waals surface area contributed by atoms with Crippen LogP contribution in [-0.2, 0) is 20.8 Å². The van der Waals surface area contributed by atoms with Gasteiger partial charge in [-0.2, -0.15) is 0 Å². The van der Waals surface area contributed by atoms with E-state index in [1.807, 2.05) is 24.3 Å². The van der Waals surface area contributed by atoms with Crippen molar-refractivity contribution < 1.29 is 14.3 Å². The van der Waals surface area contributed by atoms with Crippen LogP contribution < -0.4 is 16.4 Å². The predicted molar refractivity (Wildman–Crippen MR) is 89.3 cm³/mol. The normalized spacial score (nSPS) is 18.0. The molecule has 1 aliphatic heterocycles. The van der Waals surface area contributed by atoms with Crippen LogP contribution >= 0.6 is 0 Å². The van der Waals surface area contributed by atoms with E-state index >= 15 is 0 Å². The number of nitrogens with one attached hydrogen (secondary N) is 2. The van der Waals surface area contributed by atoms with Gasteiger partial charge in [0.25, 0.3) is 5.91 Å². The number of methoxy groups -OCH3 is 1. The Morgan fingerprint density at radius 2 is 2.39 bits per heavy atom. The molecule has 23 heavy (non-hydrogen) atoms. The molecule has 1 amide bonds. The Labute approximate surface area is 136 Å². The molecule has 0 radical (unpaired) electrons. The highest BCUT2D eigenvalue weighted by atomic mass is 16.5. The minimum atomic E-state index is -0.336. The number of anilines is 1. The fraction of sp³-hybridized carbons (Fsp3) is 0.500. The number of nitrogens with zero attached hydrogens (tertiary/aromatic N) is 1. The Kier molecular flexibility index (Phi) is 6.83. The molecule has 7 heteroatoms. The van der Waals surface area contributed by atoms with Crippen molar-refractivity contribution in [3.05, 3.63) is 29.8 Å². The molecule has 4 N–H and O–H groups in total. The molecule has 0 spiro atoms. The van der Waals surface area contributed by atoms with Gasteiger partial charge in [-0.3, -0.25) is 4.79 Å². The number of rotatable bonds is 7. The largest absolute Gasteiger partial charge is 0.383 e. The highest BCUT2D eigenvalue weighted by Gasteiger charge is 2.23. The fourth-order valence-corrected chi connectivity index (χ4v) is 2.27. The van der Waals surface area contributed by atoms with Gasteiger partial charge in [0.15, 0.2) is 5.96 Å². The molecule has 1 aromatic carbocycles. The summed E-state index contributed by atoms with van der Waals surface area (Å²) in [5.41, 5.74) is 7.47. The summed E-state index contributed by atoms with van der Waals surface area (Å²) in [4.78, 5) is 16.3. The number of carbonyl (C=O) groups is 1. The van der Waals surface area contributed by atoms with Gasteiger partial charge in [-0.15, -0.1) is 0 Å². The molecular formula is C16H24N4O3. The molecule has 2 rings (SSSR count). The molecule has 1 atom stereocenters. The monoisotopic (exact) mass is 320 g/mol. The minimum Gasteiger partial charge on any atom is -0.383 e. The average Bonchev–Trinajstić information content (AvgIpc) is 3.08. The zero-order chi connectivity index (χ0) is 16.5. The molecule has 126 valence electrons. The predicted octanol–water partition coefficient (Wildman–Crippen LogP) is 0.855. The zero-order valence-electron chi connectivity index (χ0n) is 13.4. The molecule has 1 aliphatic rings. The van der Waals surface area contributed by atoms with Crippen molar-refractivity contribution in [3.8, 4) is 0 Å². The molecule has 1 saturated heterocycles. The number of amides is 1. The van der Waals surface area contributed by atoms with E-state index in [0.29, 0.717) is 32.3 Å². The smallest absolute Gasteiger partial charge is 0.253 e. The van der Waals surface area contributed by atoms with Crippen molar-refractivity contribution in [1.29, 1.82) is 0 Å². The lowest BCUT2D eigenvalue weighted by Crippen LogP contribution is -2.34. The zero-order valence-corrected chi connectivity index (χ0v) is 13.4. The number of guanidine groups is 1. The number of hydrogen-bond acceptors (Lipinski definition) is 4. The van der Waals surface area contributed by atoms with E-state index in [4.69, 9.17) is 15.2 Å². The summed E-state index contributed by atoms with van der Waals surface area (Å²) in [5, 5.41) is 5.83. The fourth-order valence-electron chi connectivity index (χ4n) is 2.27. The SMILES string of the molecule is COCCNC(N)=NCc1cccc(NC(=O)C2CCCO2)c1. The average molecular weight is 320 g/mol. The maximum Gasteiger partial charge on any atom is 0.253 e. The van der Waals surface area contributed by atoms with Crippen LogP contribution in [-0.4, -0.2) is 44.8 Å². The lowest BCUT2D eigenvalue weighted by molar-refractivity contribution is -0.124. The summed E-state index contributed by atoms with van der Waals surface area (Å²) in [6.45, 7) is 2.28. The number of benzene rings is 1. The first kappa shape index (κ1) is 17.2. The van der Waals surface area contributed by atoms with Crippen molar-refractivity contribution in [1.82, 2.24) is 5.32 Å². The number of aliphatic imine (C=N–C) groups is 1. The molecule has 0 aliphatic carbocycles. The Morgan fingerprint density at radius 1 is 1.52 bits per heavy atom. The van der Waals surface area contributed by atoms with E-state index in [0.717, 1.165) is 24.1 Å². The molecular weight excluding hydrogens is 296 g/mol. The first-order valence-corrected chi connectivity index (χ1v) is 7.73. The summed E-state index contributed by atoms with van der Waals surface area (Å²) in [6.07, 6.45) is 1.37. The molecule has 1 unspecified atom stereocenters. The van der Waals surface area contributed by atoms with E-state index in [1.165, 1.54) is 0 Å². The Bertz CT molecular complexity index is 542. The van der Waals surface area contributed by atoms with E-state index in [2.05, 4.69) is 15.6 Å². The van der Waals surface area contributed by atoms with Gasteiger partial charge in [-0.05, 0) is 30.5 Å². The van der Waals surface area contributed by atoms with Gasteiger partial charge in [0.05, 0.1) is 13.2 Å². The molecule has 1 fully saturated rings. The third-order valence-electron chi connectivity index (χ3n) is 3.46. The highest BCUT2D eigenvalue weighted by molar-refractivity contribution is 5.94. The molecule has 7 nitrogen and oxygen atoms in total. The second-order valence-electron chi connectivity index (χ2n) is 5.31. The summed E-state index contributed by atoms with van der Waals surface area (Å²) >= 11 is 0. The Balaban J connectivity index is 1.86. The van der Waals surface area contributed by atoms with Crippen molar-refractivity contribution >= 4 is 17.6 Å². The standard InChI is InChI=1S/C16H24N4O3/c1-22-9-7-18-16(17)19-11-12-4-2-5-13(10-12)20-15(21)14-6-3-8-23-14/h2,4-5,10,14H,3,6-9,11H2,1H3,(H,20,21)(H3,17,18,19). The first-order valence-electron chi connectivity index (χ1n) is 7.73. The number of nitrogens with two attached hydrogens (primary N) is 1. The third kappa shape index (κ3) is 5.88. The first-order chi connectivity index (χ1) is 11.2. The van der Waals surface area contributed by atoms with E-state index < -0.39 is 0 Å². The molecule has 0 saturated carbocycles. The maximum atomic E-state index is 12.0. The van der Waals surface area contributed by atoms with Gasteiger partial charge in [0.2, 0.25) is 0 Å². The van der Waals surface area contributed by atoms with Gasteiger partial charge in [-0.1, -0.05) is 12.1 Å². The Morgan fingerprint density at radius 3 is 3.13 bits per heavy atom. The number of hydrogen-bond donors (Lipinski definition) is 3. The lowest BCUT2D eigenvalue weighted by atomic mass is 10.2. The summed E-state index contributed by atoms with van der Waals surface area (Å²) < 4.78 is 10.3. The Hall–Kier alpha value is -2.12. The highest BCUT2D eigenvalue weighted by Crippen LogP contribution is 2.16. The van der Waals surface area contributed by atoms with Crippen molar-refractivity contribution in [2.45, 2.75) is 25.5 Å². The molecule has 0 bridgehead atoms. The number of carbonyl (C=O) groups excluding carboxylic acids is 1. The van der Waals surface area contributed by atoms with Crippen molar-refractivity contribution in [3.63, 3.8) is 0 Å². The second-order valence-corrected chi connectivity index (χ2v) is 5.31. The summed E-state index contributed by atoms with van der Waals surface area (Å²) in [5.74, 6) is 0.278. The van der Waals surface area contributed by atoms with Crippen molar-refractivity contribution in [2.75, 3.05) is 32.2 Å². The quantitative estimate of drug-likeness (QED) is 0.393. The van der Waals surface area contributed by atoms with Crippen LogP contribution in [0.4, 0.5) is 5.69 Å². The van der Waals surface area contributed by atoms with Gasteiger partial charge in [0, 0.05) is 25.9 Å². The van der Waals surface area contributed by atoms with Crippen LogP contribution in [0.2, 0.25) is 0 Å². The van der Waals surface area contributed by atoms with Crippen LogP contribution in [0.15, 0.2) is 29.3 Å². The van der Waals surface area contributed by atoms with Gasteiger partial charge in [-0.25, -0.2) is 4.99 Å². The summed E-state index contributed by atoms with van der Waals surface area (Å²) in [7, 11) is 1.63. The van der Waals surface area contributed by atoms with Crippen LogP contribution in [0, 0.1) is 0 Å². The van der Waals surface area contributed by atoms with E-state index in [9.17, 15) is 4.79 Å². The van der Waals surface area contributed by atoms with Crippen LogP contribution in [0.1, 0.15) is 18.4 Å². The van der Waals surface area contributed by atoms with Crippen LogP contribution in [0.5, 0.6) is 0 Å². The van der Waals surface area contributed by atoms with Crippen molar-refractivity contribution in [2.24, 2.45) is 10.7 Å².